The summed E-state index contributed by atoms with van der Waals surface area (Å²) in [7, 11) is 0. The average Bonchev–Trinajstić information content (AvgIpc) is 1.99. The topological polar surface area (TPSA) is 49.3 Å². The Bertz CT molecular complexity index is 145. The molecule has 2 unspecified atom stereocenters. The maximum absolute atomic E-state index is 10.5. The van der Waals surface area contributed by atoms with E-state index in [0.717, 1.165) is 0 Å². The zero-order chi connectivity index (χ0) is 8.85. The molecule has 0 bridgehead atoms. The Morgan fingerprint density at radius 2 is 2.36 bits per heavy atom. The molecule has 0 saturated carbocycles. The second-order valence-corrected chi connectivity index (χ2v) is 2.49. The summed E-state index contributed by atoms with van der Waals surface area (Å²) in [4.78, 5) is 10.5. The van der Waals surface area contributed by atoms with Crippen LogP contribution in [-0.4, -0.2) is 23.2 Å². The summed E-state index contributed by atoms with van der Waals surface area (Å²) in [5.41, 5.74) is 0. The highest BCUT2D eigenvalue weighted by Crippen LogP contribution is 1.93. The summed E-state index contributed by atoms with van der Waals surface area (Å²) in [5.74, 6) is -0.804. The molecule has 64 valence electrons. The van der Waals surface area contributed by atoms with Gasteiger partial charge in [-0.1, -0.05) is 13.0 Å². The molecule has 3 heteroatoms. The molecule has 0 aromatic carbocycles. The van der Waals surface area contributed by atoms with Crippen LogP contribution in [0.5, 0.6) is 0 Å². The van der Waals surface area contributed by atoms with E-state index in [1.165, 1.54) is 0 Å². The van der Waals surface area contributed by atoms with E-state index in [4.69, 9.17) is 5.11 Å². The third-order valence-electron chi connectivity index (χ3n) is 1.52. The molecule has 0 spiro atoms. The Balaban J connectivity index is 3.87. The predicted octanol–water partition coefficient (Wildman–Crippen LogP) is 1.01. The van der Waals surface area contributed by atoms with Crippen LogP contribution in [0.25, 0.3) is 0 Å². The van der Waals surface area contributed by atoms with E-state index in [0.29, 0.717) is 6.42 Å². The fraction of sp³-hybridized carbons (Fsp3) is 0.625. The number of carbonyl (C=O) groups is 1. The first-order valence-corrected chi connectivity index (χ1v) is 3.73. The lowest BCUT2D eigenvalue weighted by Crippen LogP contribution is -2.40. The minimum atomic E-state index is -0.804. The van der Waals surface area contributed by atoms with Crippen molar-refractivity contribution in [2.45, 2.75) is 32.4 Å². The first-order valence-electron chi connectivity index (χ1n) is 3.73. The Hall–Kier alpha value is -0.830. The van der Waals surface area contributed by atoms with Crippen molar-refractivity contribution >= 4 is 5.97 Å². The van der Waals surface area contributed by atoms with E-state index in [2.05, 4.69) is 11.9 Å². The molecule has 11 heavy (non-hydrogen) atoms. The normalized spacial score (nSPS) is 15.5. The summed E-state index contributed by atoms with van der Waals surface area (Å²) in [5, 5.41) is 11.5. The summed E-state index contributed by atoms with van der Waals surface area (Å²) < 4.78 is 0. The van der Waals surface area contributed by atoms with Crippen LogP contribution >= 0.6 is 0 Å². The number of hydrogen-bond donors (Lipinski definition) is 2. The van der Waals surface area contributed by atoms with Crippen molar-refractivity contribution in [3.8, 4) is 0 Å². The van der Waals surface area contributed by atoms with Crippen molar-refractivity contribution in [2.75, 3.05) is 0 Å². The van der Waals surface area contributed by atoms with Crippen LogP contribution in [0.4, 0.5) is 0 Å². The molecule has 0 fully saturated rings. The minimum absolute atomic E-state index is 0.0519. The van der Waals surface area contributed by atoms with Gasteiger partial charge in [0.2, 0.25) is 0 Å². The second kappa shape index (κ2) is 4.91. The SMILES string of the molecule is C=CC(C)NC(CC)C(=O)O. The lowest BCUT2D eigenvalue weighted by molar-refractivity contribution is -0.139. The molecule has 2 N–H and O–H groups in total. The second-order valence-electron chi connectivity index (χ2n) is 2.49. The van der Waals surface area contributed by atoms with Gasteiger partial charge in [0.25, 0.3) is 0 Å². The van der Waals surface area contributed by atoms with Crippen LogP contribution < -0.4 is 5.32 Å². The molecule has 0 radical (unpaired) electrons. The first-order chi connectivity index (χ1) is 5.11. The monoisotopic (exact) mass is 157 g/mol. The van der Waals surface area contributed by atoms with Gasteiger partial charge in [0.05, 0.1) is 0 Å². The van der Waals surface area contributed by atoms with Gasteiger partial charge in [0, 0.05) is 6.04 Å². The molecule has 0 heterocycles. The molecule has 0 aliphatic carbocycles. The number of rotatable bonds is 5. The van der Waals surface area contributed by atoms with Gasteiger partial charge >= 0.3 is 5.97 Å². The van der Waals surface area contributed by atoms with Gasteiger partial charge in [-0.25, -0.2) is 0 Å². The lowest BCUT2D eigenvalue weighted by Gasteiger charge is -2.15. The van der Waals surface area contributed by atoms with Crippen molar-refractivity contribution in [3.05, 3.63) is 12.7 Å². The van der Waals surface area contributed by atoms with Crippen LogP contribution in [0.3, 0.4) is 0 Å². The zero-order valence-corrected chi connectivity index (χ0v) is 7.00. The Morgan fingerprint density at radius 3 is 2.64 bits per heavy atom. The fourth-order valence-electron chi connectivity index (χ4n) is 0.749. The third-order valence-corrected chi connectivity index (χ3v) is 1.52. The standard InChI is InChI=1S/C8H15NO2/c1-4-6(3)9-7(5-2)8(10)11/h4,6-7,9H,1,5H2,2-3H3,(H,10,11). The number of carboxylic acid groups (broad SMARTS) is 1. The largest absolute Gasteiger partial charge is 0.480 e. The van der Waals surface area contributed by atoms with E-state index < -0.39 is 12.0 Å². The average molecular weight is 157 g/mol. The third kappa shape index (κ3) is 3.78. The Labute approximate surface area is 67.1 Å². The summed E-state index contributed by atoms with van der Waals surface area (Å²) >= 11 is 0. The maximum Gasteiger partial charge on any atom is 0.320 e. The van der Waals surface area contributed by atoms with Gasteiger partial charge in [-0.15, -0.1) is 6.58 Å². The van der Waals surface area contributed by atoms with Gasteiger partial charge in [-0.3, -0.25) is 10.1 Å². The lowest BCUT2D eigenvalue weighted by atomic mass is 10.2. The first kappa shape index (κ1) is 10.2. The molecule has 0 amide bonds. The number of carboxylic acids is 1. The maximum atomic E-state index is 10.5. The molecule has 3 nitrogen and oxygen atoms in total. The molecular weight excluding hydrogens is 142 g/mol. The highest BCUT2D eigenvalue weighted by atomic mass is 16.4. The van der Waals surface area contributed by atoms with E-state index in [-0.39, 0.29) is 6.04 Å². The molecule has 0 aliphatic heterocycles. The summed E-state index contributed by atoms with van der Waals surface area (Å²) in [6.07, 6.45) is 2.28. The molecule has 0 aliphatic rings. The molecule has 2 atom stereocenters. The van der Waals surface area contributed by atoms with Crippen molar-refractivity contribution in [1.29, 1.82) is 0 Å². The van der Waals surface area contributed by atoms with Crippen molar-refractivity contribution < 1.29 is 9.90 Å². The van der Waals surface area contributed by atoms with Crippen LogP contribution in [0.15, 0.2) is 12.7 Å². The van der Waals surface area contributed by atoms with Crippen molar-refractivity contribution in [1.82, 2.24) is 5.32 Å². The summed E-state index contributed by atoms with van der Waals surface area (Å²) in [6.45, 7) is 7.26. The predicted molar refractivity (Wildman–Crippen MR) is 44.5 cm³/mol. The van der Waals surface area contributed by atoms with Crippen molar-refractivity contribution in [2.24, 2.45) is 0 Å². The van der Waals surface area contributed by atoms with Crippen molar-refractivity contribution in [3.63, 3.8) is 0 Å². The molecule has 0 aromatic rings. The van der Waals surface area contributed by atoms with Crippen LogP contribution in [-0.2, 0) is 4.79 Å². The number of aliphatic carboxylic acids is 1. The number of nitrogens with one attached hydrogen (secondary N) is 1. The van der Waals surface area contributed by atoms with Gasteiger partial charge in [-0.2, -0.15) is 0 Å². The van der Waals surface area contributed by atoms with Gasteiger partial charge < -0.3 is 5.11 Å². The highest BCUT2D eigenvalue weighted by Gasteiger charge is 2.14. The molecule has 0 rings (SSSR count). The number of hydrogen-bond acceptors (Lipinski definition) is 2. The van der Waals surface area contributed by atoms with E-state index in [1.807, 2.05) is 13.8 Å². The molecule has 0 aromatic heterocycles. The molecule has 0 saturated heterocycles. The van der Waals surface area contributed by atoms with Gasteiger partial charge in [0.15, 0.2) is 0 Å². The van der Waals surface area contributed by atoms with Crippen LogP contribution in [0, 0.1) is 0 Å². The fourth-order valence-corrected chi connectivity index (χ4v) is 0.749. The van der Waals surface area contributed by atoms with E-state index in [1.54, 1.807) is 6.08 Å². The van der Waals surface area contributed by atoms with Gasteiger partial charge in [-0.05, 0) is 13.3 Å². The van der Waals surface area contributed by atoms with E-state index in [9.17, 15) is 4.79 Å². The Morgan fingerprint density at radius 1 is 1.82 bits per heavy atom. The smallest absolute Gasteiger partial charge is 0.320 e. The van der Waals surface area contributed by atoms with E-state index >= 15 is 0 Å². The highest BCUT2D eigenvalue weighted by molar-refractivity contribution is 5.73. The van der Waals surface area contributed by atoms with Gasteiger partial charge in [0.1, 0.15) is 6.04 Å². The zero-order valence-electron chi connectivity index (χ0n) is 7.00. The van der Waals surface area contributed by atoms with Crippen LogP contribution in [0.2, 0.25) is 0 Å². The summed E-state index contributed by atoms with van der Waals surface area (Å²) in [6, 6.07) is -0.404. The van der Waals surface area contributed by atoms with Crippen LogP contribution in [0.1, 0.15) is 20.3 Å². The minimum Gasteiger partial charge on any atom is -0.480 e. The Kier molecular flexibility index (Phi) is 4.54. The molecular formula is C8H15NO2. The quantitative estimate of drug-likeness (QED) is 0.586.